The Hall–Kier alpha value is -2.82. The zero-order valence-electron chi connectivity index (χ0n) is 18.2. The van der Waals surface area contributed by atoms with Crippen LogP contribution in [0.2, 0.25) is 0 Å². The lowest BCUT2D eigenvalue weighted by atomic mass is 10.3. The molecule has 1 aromatic carbocycles. The molecule has 3 aromatic rings. The van der Waals surface area contributed by atoms with Gasteiger partial charge in [0.1, 0.15) is 17.7 Å². The number of aryl methyl sites for hydroxylation is 1. The minimum atomic E-state index is -0.0702. The summed E-state index contributed by atoms with van der Waals surface area (Å²) in [5, 5.41) is 6.57. The molecule has 2 aromatic heterocycles. The molecule has 0 aliphatic carbocycles. The maximum Gasteiger partial charge on any atom is 0.191 e. The molecule has 0 aliphatic rings. The van der Waals surface area contributed by atoms with Crippen LogP contribution < -0.4 is 20.1 Å². The van der Waals surface area contributed by atoms with Crippen molar-refractivity contribution in [2.45, 2.75) is 26.5 Å². The molecule has 0 aliphatic heterocycles. The highest BCUT2D eigenvalue weighted by atomic mass is 127. The number of nitrogens with zero attached hydrogens (tertiary/aromatic N) is 4. The van der Waals surface area contributed by atoms with Crippen LogP contribution in [0.3, 0.4) is 0 Å². The summed E-state index contributed by atoms with van der Waals surface area (Å²) in [6, 6.07) is 11.6. The second kappa shape index (κ2) is 12.1. The lowest BCUT2D eigenvalue weighted by molar-refractivity contribution is 0.213. The van der Waals surface area contributed by atoms with Gasteiger partial charge in [-0.2, -0.15) is 0 Å². The number of aromatic nitrogens is 3. The zero-order valence-corrected chi connectivity index (χ0v) is 20.5. The van der Waals surface area contributed by atoms with E-state index in [1.165, 1.54) is 0 Å². The van der Waals surface area contributed by atoms with Crippen molar-refractivity contribution in [1.82, 2.24) is 25.2 Å². The van der Waals surface area contributed by atoms with Crippen LogP contribution in [0.1, 0.15) is 18.3 Å². The van der Waals surface area contributed by atoms with Crippen molar-refractivity contribution in [1.29, 1.82) is 0 Å². The number of ether oxygens (including phenoxy) is 2. The van der Waals surface area contributed by atoms with Gasteiger partial charge in [0.05, 0.1) is 13.7 Å². The van der Waals surface area contributed by atoms with E-state index < -0.39 is 0 Å². The number of methoxy groups -OCH3 is 1. The van der Waals surface area contributed by atoms with E-state index in [0.29, 0.717) is 24.8 Å². The van der Waals surface area contributed by atoms with Crippen molar-refractivity contribution in [2.24, 2.45) is 4.99 Å². The molecule has 0 amide bonds. The highest BCUT2D eigenvalue weighted by Gasteiger charge is 2.09. The first-order valence-corrected chi connectivity index (χ1v) is 9.80. The van der Waals surface area contributed by atoms with Gasteiger partial charge in [0.2, 0.25) is 0 Å². The van der Waals surface area contributed by atoms with E-state index in [2.05, 4.69) is 25.6 Å². The third kappa shape index (κ3) is 6.84. The number of hydrogen-bond acceptors (Lipinski definition) is 5. The van der Waals surface area contributed by atoms with Gasteiger partial charge in [-0.1, -0.05) is 18.2 Å². The number of benzene rings is 1. The van der Waals surface area contributed by atoms with Crippen molar-refractivity contribution >= 4 is 29.9 Å². The number of guanidine groups is 1. The number of nitrogens with one attached hydrogen (secondary N) is 2. The van der Waals surface area contributed by atoms with Gasteiger partial charge in [-0.05, 0) is 37.6 Å². The first kappa shape index (κ1) is 24.4. The van der Waals surface area contributed by atoms with Crippen LogP contribution in [0.4, 0.5) is 0 Å². The van der Waals surface area contributed by atoms with Crippen LogP contribution in [0, 0.1) is 6.92 Å². The number of para-hydroxylation sites is 2. The first-order valence-electron chi connectivity index (χ1n) is 9.80. The minimum absolute atomic E-state index is 0. The Morgan fingerprint density at radius 3 is 2.52 bits per heavy atom. The molecule has 1 atom stereocenters. The topological polar surface area (TPSA) is 85.6 Å². The monoisotopic (exact) mass is 536 g/mol. The SMILES string of the molecule is CN=C(NCc1ccc(-n2ccnc2C)nc1)NCC(C)Oc1ccccc1OC.I. The van der Waals surface area contributed by atoms with E-state index in [1.54, 1.807) is 20.4 Å². The Morgan fingerprint density at radius 1 is 1.13 bits per heavy atom. The fraction of sp³-hybridized carbons (Fsp3) is 0.318. The molecule has 0 saturated heterocycles. The van der Waals surface area contributed by atoms with E-state index in [-0.39, 0.29) is 30.1 Å². The minimum Gasteiger partial charge on any atom is -0.493 e. The molecule has 0 bridgehead atoms. The fourth-order valence-electron chi connectivity index (χ4n) is 2.91. The Balaban J connectivity index is 0.00000341. The number of rotatable bonds is 8. The Labute approximate surface area is 200 Å². The standard InChI is InChI=1S/C22H28N6O2.HI/c1-16(30-20-8-6-5-7-19(20)29-4)13-26-22(23-3)27-15-18-9-10-21(25-14-18)28-12-11-24-17(28)2;/h5-12,14,16H,13,15H2,1-4H3,(H2,23,26,27);1H. The van der Waals surface area contributed by atoms with Crippen molar-refractivity contribution < 1.29 is 9.47 Å². The molecule has 0 saturated carbocycles. The first-order chi connectivity index (χ1) is 14.6. The van der Waals surface area contributed by atoms with Gasteiger partial charge >= 0.3 is 0 Å². The van der Waals surface area contributed by atoms with E-state index in [9.17, 15) is 0 Å². The maximum atomic E-state index is 5.96. The number of halogens is 1. The number of imidazole rings is 1. The second-order valence-electron chi connectivity index (χ2n) is 6.76. The van der Waals surface area contributed by atoms with E-state index in [4.69, 9.17) is 9.47 Å². The van der Waals surface area contributed by atoms with E-state index >= 15 is 0 Å². The molecule has 2 heterocycles. The summed E-state index contributed by atoms with van der Waals surface area (Å²) in [4.78, 5) is 13.0. The highest BCUT2D eigenvalue weighted by molar-refractivity contribution is 14.0. The van der Waals surface area contributed by atoms with Crippen molar-refractivity contribution in [2.75, 3.05) is 20.7 Å². The summed E-state index contributed by atoms with van der Waals surface area (Å²) in [5.41, 5.74) is 1.05. The molecule has 3 rings (SSSR count). The van der Waals surface area contributed by atoms with Crippen LogP contribution in [0.5, 0.6) is 11.5 Å². The Bertz CT molecular complexity index is 974. The van der Waals surface area contributed by atoms with Crippen LogP contribution in [-0.2, 0) is 6.54 Å². The number of hydrogen-bond donors (Lipinski definition) is 2. The quantitative estimate of drug-likeness (QED) is 0.261. The van der Waals surface area contributed by atoms with Crippen LogP contribution >= 0.6 is 24.0 Å². The molecule has 8 nitrogen and oxygen atoms in total. The zero-order chi connectivity index (χ0) is 21.3. The molecule has 0 radical (unpaired) electrons. The average Bonchev–Trinajstić information content (AvgIpc) is 3.20. The Morgan fingerprint density at radius 2 is 1.90 bits per heavy atom. The van der Waals surface area contributed by atoms with Crippen molar-refractivity contribution in [3.05, 3.63) is 66.4 Å². The average molecular weight is 536 g/mol. The van der Waals surface area contributed by atoms with Crippen LogP contribution in [0.15, 0.2) is 60.0 Å². The van der Waals surface area contributed by atoms with Gasteiger partial charge in [0, 0.05) is 32.2 Å². The normalized spacial score (nSPS) is 11.9. The summed E-state index contributed by atoms with van der Waals surface area (Å²) in [7, 11) is 3.37. The van der Waals surface area contributed by atoms with Crippen molar-refractivity contribution in [3.63, 3.8) is 0 Å². The molecule has 166 valence electrons. The molecule has 31 heavy (non-hydrogen) atoms. The van der Waals surface area contributed by atoms with Gasteiger partial charge in [-0.3, -0.25) is 9.56 Å². The smallest absolute Gasteiger partial charge is 0.191 e. The lowest BCUT2D eigenvalue weighted by Gasteiger charge is -2.19. The number of pyridine rings is 1. The maximum absolute atomic E-state index is 5.96. The molecule has 2 N–H and O–H groups in total. The molecule has 0 spiro atoms. The Kier molecular flexibility index (Phi) is 9.57. The molecule has 0 fully saturated rings. The highest BCUT2D eigenvalue weighted by Crippen LogP contribution is 2.26. The molecular weight excluding hydrogens is 507 g/mol. The van der Waals surface area contributed by atoms with E-state index in [0.717, 1.165) is 23.0 Å². The fourth-order valence-corrected chi connectivity index (χ4v) is 2.91. The largest absolute Gasteiger partial charge is 0.493 e. The predicted octanol–water partition coefficient (Wildman–Crippen LogP) is 3.33. The molecule has 1 unspecified atom stereocenters. The summed E-state index contributed by atoms with van der Waals surface area (Å²) in [6.07, 6.45) is 5.44. The van der Waals surface area contributed by atoms with E-state index in [1.807, 2.05) is 67.2 Å². The summed E-state index contributed by atoms with van der Waals surface area (Å²) in [5.74, 6) is 3.88. The summed E-state index contributed by atoms with van der Waals surface area (Å²) < 4.78 is 13.2. The third-order valence-electron chi connectivity index (χ3n) is 4.52. The van der Waals surface area contributed by atoms with Gasteiger partial charge in [-0.25, -0.2) is 9.97 Å². The summed E-state index contributed by atoms with van der Waals surface area (Å²) >= 11 is 0. The van der Waals surface area contributed by atoms with Gasteiger partial charge in [0.25, 0.3) is 0 Å². The summed E-state index contributed by atoms with van der Waals surface area (Å²) in [6.45, 7) is 5.14. The van der Waals surface area contributed by atoms with Crippen molar-refractivity contribution in [3.8, 4) is 17.3 Å². The second-order valence-corrected chi connectivity index (χ2v) is 6.76. The number of aliphatic imine (C=N–C) groups is 1. The van der Waals surface area contributed by atoms with Gasteiger partial charge < -0.3 is 20.1 Å². The third-order valence-corrected chi connectivity index (χ3v) is 4.52. The lowest BCUT2D eigenvalue weighted by Crippen LogP contribution is -2.41. The molecule has 9 heteroatoms. The van der Waals surface area contributed by atoms with Crippen LogP contribution in [0.25, 0.3) is 5.82 Å². The molecular formula is C22H29IN6O2. The van der Waals surface area contributed by atoms with Crippen LogP contribution in [-0.4, -0.2) is 47.3 Å². The predicted molar refractivity (Wildman–Crippen MR) is 133 cm³/mol. The van der Waals surface area contributed by atoms with Gasteiger partial charge in [0.15, 0.2) is 17.5 Å². The van der Waals surface area contributed by atoms with Gasteiger partial charge in [-0.15, -0.1) is 24.0 Å².